The highest BCUT2D eigenvalue weighted by atomic mass is 16.4. The Labute approximate surface area is 156 Å². The van der Waals surface area contributed by atoms with E-state index >= 15 is 0 Å². The number of benzene rings is 1. The van der Waals surface area contributed by atoms with Crippen molar-refractivity contribution in [3.63, 3.8) is 0 Å². The summed E-state index contributed by atoms with van der Waals surface area (Å²) < 4.78 is 5.35. The number of oxazole rings is 1. The Morgan fingerprint density at radius 3 is 2.63 bits per heavy atom. The molecule has 4 heterocycles. The first-order chi connectivity index (χ1) is 13.2. The van der Waals surface area contributed by atoms with Crippen LogP contribution in [0.2, 0.25) is 0 Å². The minimum Gasteiger partial charge on any atom is -0.424 e. The summed E-state index contributed by atoms with van der Waals surface area (Å²) in [6, 6.07) is 12.1. The van der Waals surface area contributed by atoms with Crippen molar-refractivity contribution in [1.82, 2.24) is 19.9 Å². The molecule has 0 spiro atoms. The molecule has 5 rings (SSSR count). The molecule has 1 aliphatic heterocycles. The molecular formula is C20H20N6O. The van der Waals surface area contributed by atoms with Crippen LogP contribution in [0.4, 0.5) is 11.7 Å². The normalized spacial score (nSPS) is 15.7. The Morgan fingerprint density at radius 1 is 0.926 bits per heavy atom. The lowest BCUT2D eigenvalue weighted by Crippen LogP contribution is -2.44. The quantitative estimate of drug-likeness (QED) is 0.588. The molecule has 7 nitrogen and oxygen atoms in total. The molecule has 3 aromatic heterocycles. The third-order valence-electron chi connectivity index (χ3n) is 5.09. The van der Waals surface area contributed by atoms with Crippen molar-refractivity contribution in [2.24, 2.45) is 0 Å². The van der Waals surface area contributed by atoms with Crippen LogP contribution in [0.1, 0.15) is 0 Å². The molecule has 7 heteroatoms. The van der Waals surface area contributed by atoms with Crippen LogP contribution in [0.3, 0.4) is 0 Å². The van der Waals surface area contributed by atoms with Crippen LogP contribution in [0.5, 0.6) is 0 Å². The molecule has 136 valence electrons. The fourth-order valence-corrected chi connectivity index (χ4v) is 3.50. The first-order valence-electron chi connectivity index (χ1n) is 9.02. The van der Waals surface area contributed by atoms with Crippen molar-refractivity contribution in [3.05, 3.63) is 42.6 Å². The number of nitrogens with zero attached hydrogens (tertiary/aromatic N) is 5. The predicted molar refractivity (Wildman–Crippen MR) is 107 cm³/mol. The maximum Gasteiger partial charge on any atom is 0.292 e. The topological polar surface area (TPSA) is 84.3 Å². The van der Waals surface area contributed by atoms with Gasteiger partial charge in [0.25, 0.3) is 6.01 Å². The zero-order valence-electron chi connectivity index (χ0n) is 15.1. The number of nitrogens with two attached hydrogens (primary N) is 1. The molecule has 0 radical (unpaired) electrons. The minimum absolute atomic E-state index is 0.176. The van der Waals surface area contributed by atoms with Crippen LogP contribution in [0.15, 0.2) is 47.0 Å². The van der Waals surface area contributed by atoms with Gasteiger partial charge in [0.1, 0.15) is 5.52 Å². The van der Waals surface area contributed by atoms with Crippen LogP contribution in [-0.2, 0) is 0 Å². The van der Waals surface area contributed by atoms with Crippen LogP contribution in [-0.4, -0.2) is 53.1 Å². The van der Waals surface area contributed by atoms with Gasteiger partial charge in [-0.05, 0) is 43.4 Å². The Morgan fingerprint density at radius 2 is 1.78 bits per heavy atom. The van der Waals surface area contributed by atoms with E-state index in [0.717, 1.165) is 59.7 Å². The van der Waals surface area contributed by atoms with Crippen molar-refractivity contribution >= 4 is 33.8 Å². The molecule has 0 saturated carbocycles. The largest absolute Gasteiger partial charge is 0.424 e. The molecule has 27 heavy (non-hydrogen) atoms. The monoisotopic (exact) mass is 360 g/mol. The van der Waals surface area contributed by atoms with Gasteiger partial charge in [0.15, 0.2) is 5.58 Å². The van der Waals surface area contributed by atoms with E-state index in [1.807, 2.05) is 36.5 Å². The first kappa shape index (κ1) is 16.0. The number of aromatic nitrogens is 3. The van der Waals surface area contributed by atoms with Gasteiger partial charge in [-0.2, -0.15) is 4.98 Å². The summed E-state index contributed by atoms with van der Waals surface area (Å²) in [6.07, 6.45) is 1.94. The van der Waals surface area contributed by atoms with Crippen molar-refractivity contribution < 1.29 is 4.42 Å². The highest BCUT2D eigenvalue weighted by molar-refractivity contribution is 5.84. The lowest BCUT2D eigenvalue weighted by atomic mass is 10.1. The van der Waals surface area contributed by atoms with E-state index in [1.165, 1.54) is 0 Å². The number of fused-ring (bicyclic) bond motifs is 2. The highest BCUT2D eigenvalue weighted by Crippen LogP contribution is 2.27. The molecule has 1 aliphatic rings. The van der Waals surface area contributed by atoms with Crippen LogP contribution < -0.4 is 10.6 Å². The molecule has 0 atom stereocenters. The van der Waals surface area contributed by atoms with E-state index in [4.69, 9.17) is 15.1 Å². The number of pyridine rings is 2. The molecule has 0 bridgehead atoms. The van der Waals surface area contributed by atoms with Gasteiger partial charge in [-0.1, -0.05) is 0 Å². The fraction of sp³-hybridized carbons (Fsp3) is 0.250. The SMILES string of the molecule is CN1CCN(c2cnc3ccc(-c4ccc5oc(N)nc5c4)nc3c2)CC1. The average molecular weight is 360 g/mol. The second kappa shape index (κ2) is 6.21. The first-order valence-corrected chi connectivity index (χ1v) is 9.02. The Hall–Kier alpha value is -3.19. The summed E-state index contributed by atoms with van der Waals surface area (Å²) in [7, 11) is 2.16. The summed E-state index contributed by atoms with van der Waals surface area (Å²) in [5.74, 6) is 0. The van der Waals surface area contributed by atoms with E-state index in [9.17, 15) is 0 Å². The Bertz CT molecular complexity index is 1130. The number of hydrogen-bond donors (Lipinski definition) is 1. The molecule has 1 fully saturated rings. The van der Waals surface area contributed by atoms with Gasteiger partial charge in [-0.15, -0.1) is 0 Å². The zero-order valence-corrected chi connectivity index (χ0v) is 15.1. The molecule has 0 aliphatic carbocycles. The molecular weight excluding hydrogens is 340 g/mol. The molecule has 2 N–H and O–H groups in total. The molecule has 0 amide bonds. The Kier molecular flexibility index (Phi) is 3.68. The van der Waals surface area contributed by atoms with E-state index in [0.29, 0.717) is 5.58 Å². The number of rotatable bonds is 2. The molecule has 0 unspecified atom stereocenters. The summed E-state index contributed by atoms with van der Waals surface area (Å²) >= 11 is 0. The van der Waals surface area contributed by atoms with Gasteiger partial charge in [-0.3, -0.25) is 4.98 Å². The van der Waals surface area contributed by atoms with Crippen molar-refractivity contribution in [2.45, 2.75) is 0 Å². The number of piperazine rings is 1. The second-order valence-electron chi connectivity index (χ2n) is 6.95. The van der Waals surface area contributed by atoms with Gasteiger partial charge in [0.05, 0.1) is 28.6 Å². The molecule has 1 saturated heterocycles. The Balaban J connectivity index is 1.52. The maximum absolute atomic E-state index is 5.64. The van der Waals surface area contributed by atoms with Gasteiger partial charge in [0, 0.05) is 31.7 Å². The van der Waals surface area contributed by atoms with Crippen molar-refractivity contribution in [3.8, 4) is 11.3 Å². The molecule has 4 aromatic rings. The van der Waals surface area contributed by atoms with Gasteiger partial charge < -0.3 is 20.0 Å². The minimum atomic E-state index is 0.176. The number of hydrogen-bond acceptors (Lipinski definition) is 7. The summed E-state index contributed by atoms with van der Waals surface area (Å²) in [5, 5.41) is 0. The zero-order chi connectivity index (χ0) is 18.4. The summed E-state index contributed by atoms with van der Waals surface area (Å²) in [6.45, 7) is 4.14. The average Bonchev–Trinajstić information content (AvgIpc) is 3.07. The van der Waals surface area contributed by atoms with Crippen molar-refractivity contribution in [1.29, 1.82) is 0 Å². The maximum atomic E-state index is 5.64. The molecule has 1 aromatic carbocycles. The van der Waals surface area contributed by atoms with E-state index in [1.54, 1.807) is 0 Å². The summed E-state index contributed by atoms with van der Waals surface area (Å²) in [4.78, 5) is 18.4. The number of anilines is 2. The van der Waals surface area contributed by atoms with Crippen LogP contribution in [0, 0.1) is 0 Å². The third kappa shape index (κ3) is 2.96. The fourth-order valence-electron chi connectivity index (χ4n) is 3.50. The van der Waals surface area contributed by atoms with Crippen LogP contribution >= 0.6 is 0 Å². The van der Waals surface area contributed by atoms with Gasteiger partial charge >= 0.3 is 0 Å². The second-order valence-corrected chi connectivity index (χ2v) is 6.95. The number of likely N-dealkylation sites (N-methyl/N-ethyl adjacent to an activating group) is 1. The lowest BCUT2D eigenvalue weighted by Gasteiger charge is -2.33. The van der Waals surface area contributed by atoms with Crippen LogP contribution in [0.25, 0.3) is 33.4 Å². The van der Waals surface area contributed by atoms with E-state index < -0.39 is 0 Å². The predicted octanol–water partition coefficient (Wildman–Crippen LogP) is 2.77. The van der Waals surface area contributed by atoms with Gasteiger partial charge in [0.2, 0.25) is 0 Å². The van der Waals surface area contributed by atoms with Crippen molar-refractivity contribution in [2.75, 3.05) is 43.9 Å². The van der Waals surface area contributed by atoms with Gasteiger partial charge in [-0.25, -0.2) is 4.98 Å². The highest BCUT2D eigenvalue weighted by Gasteiger charge is 2.15. The lowest BCUT2D eigenvalue weighted by molar-refractivity contribution is 0.313. The van der Waals surface area contributed by atoms with E-state index in [2.05, 4.69) is 32.9 Å². The standard InChI is InChI=1S/C20H20N6O/c1-25-6-8-26(9-7-25)14-11-17-16(22-12-14)4-3-15(23-17)13-2-5-19-18(10-13)24-20(21)27-19/h2-5,10-12H,6-9H2,1H3,(H2,21,24). The number of nitrogen functional groups attached to an aromatic ring is 1. The summed E-state index contributed by atoms with van der Waals surface area (Å²) in [5.41, 5.74) is 11.8. The smallest absolute Gasteiger partial charge is 0.292 e. The third-order valence-corrected chi connectivity index (χ3v) is 5.09. The van der Waals surface area contributed by atoms with E-state index in [-0.39, 0.29) is 6.01 Å².